The molecule has 0 aromatic heterocycles. The van der Waals surface area contributed by atoms with Gasteiger partial charge in [0.1, 0.15) is 0 Å². The predicted molar refractivity (Wildman–Crippen MR) is 74.3 cm³/mol. The lowest BCUT2D eigenvalue weighted by Gasteiger charge is -2.36. The number of nitrogens with zero attached hydrogens (tertiary/aromatic N) is 1. The van der Waals surface area contributed by atoms with E-state index < -0.39 is 5.97 Å². The predicted octanol–water partition coefficient (Wildman–Crippen LogP) is 1.83. The lowest BCUT2D eigenvalue weighted by atomic mass is 9.92. The molecule has 5 nitrogen and oxygen atoms in total. The molecule has 0 spiro atoms. The van der Waals surface area contributed by atoms with E-state index in [-0.39, 0.29) is 24.3 Å². The van der Waals surface area contributed by atoms with Gasteiger partial charge >= 0.3 is 5.97 Å². The molecule has 0 aromatic carbocycles. The minimum absolute atomic E-state index is 0.0195. The largest absolute Gasteiger partial charge is 0.481 e. The Bertz CT molecular complexity index is 374. The number of allylic oxidation sites excluding steroid dienone is 2. The number of amides is 1. The SMILES string of the molecule is O=C(O)CCN(C(=O)[C@@H]1CC=CCC1)C1CCOCC1. The summed E-state index contributed by atoms with van der Waals surface area (Å²) in [6.45, 7) is 1.64. The topological polar surface area (TPSA) is 66.8 Å². The zero-order valence-corrected chi connectivity index (χ0v) is 11.8. The number of ether oxygens (including phenoxy) is 1. The van der Waals surface area contributed by atoms with Gasteiger partial charge in [-0.15, -0.1) is 0 Å². The van der Waals surface area contributed by atoms with Crippen LogP contribution in [0, 0.1) is 5.92 Å². The molecule has 20 heavy (non-hydrogen) atoms. The van der Waals surface area contributed by atoms with Crippen LogP contribution in [0.15, 0.2) is 12.2 Å². The second kappa shape index (κ2) is 7.43. The summed E-state index contributed by atoms with van der Waals surface area (Å²) in [5.74, 6) is -0.697. The van der Waals surface area contributed by atoms with Crippen LogP contribution in [0.2, 0.25) is 0 Å². The lowest BCUT2D eigenvalue weighted by Crippen LogP contribution is -2.47. The first-order valence-corrected chi connectivity index (χ1v) is 7.43. The molecule has 0 radical (unpaired) electrons. The van der Waals surface area contributed by atoms with Gasteiger partial charge in [-0.05, 0) is 32.1 Å². The van der Waals surface area contributed by atoms with Gasteiger partial charge in [0.05, 0.1) is 6.42 Å². The summed E-state index contributed by atoms with van der Waals surface area (Å²) >= 11 is 0. The smallest absolute Gasteiger partial charge is 0.305 e. The molecule has 1 aliphatic heterocycles. The van der Waals surface area contributed by atoms with Crippen molar-refractivity contribution in [3.05, 3.63) is 12.2 Å². The molecular formula is C15H23NO4. The first-order chi connectivity index (χ1) is 9.68. The Morgan fingerprint density at radius 1 is 1.20 bits per heavy atom. The Balaban J connectivity index is 2.01. The van der Waals surface area contributed by atoms with E-state index in [2.05, 4.69) is 12.2 Å². The number of rotatable bonds is 5. The summed E-state index contributed by atoms with van der Waals surface area (Å²) in [5, 5.41) is 8.88. The van der Waals surface area contributed by atoms with Crippen LogP contribution < -0.4 is 0 Å². The molecule has 1 heterocycles. The van der Waals surface area contributed by atoms with Gasteiger partial charge in [-0.1, -0.05) is 12.2 Å². The van der Waals surface area contributed by atoms with Crippen LogP contribution in [0.5, 0.6) is 0 Å². The van der Waals surface area contributed by atoms with Crippen molar-refractivity contribution < 1.29 is 19.4 Å². The molecule has 1 saturated heterocycles. The second-order valence-corrected chi connectivity index (χ2v) is 5.50. The average molecular weight is 281 g/mol. The summed E-state index contributed by atoms with van der Waals surface area (Å²) in [6.07, 6.45) is 8.42. The van der Waals surface area contributed by atoms with E-state index in [9.17, 15) is 9.59 Å². The number of carboxylic acids is 1. The summed E-state index contributed by atoms with van der Waals surface area (Å²) in [6, 6.07) is 0.140. The molecule has 0 aromatic rings. The highest BCUT2D eigenvalue weighted by atomic mass is 16.5. The summed E-state index contributed by atoms with van der Waals surface area (Å²) in [4.78, 5) is 25.3. The highest BCUT2D eigenvalue weighted by Crippen LogP contribution is 2.24. The van der Waals surface area contributed by atoms with Crippen LogP contribution in [-0.2, 0) is 14.3 Å². The molecule has 1 atom stereocenters. The number of carboxylic acid groups (broad SMARTS) is 1. The van der Waals surface area contributed by atoms with Gasteiger partial charge < -0.3 is 14.7 Å². The van der Waals surface area contributed by atoms with Gasteiger partial charge in [0.25, 0.3) is 0 Å². The third-order valence-corrected chi connectivity index (χ3v) is 4.10. The van der Waals surface area contributed by atoms with E-state index >= 15 is 0 Å². The first kappa shape index (κ1) is 15.0. The fourth-order valence-electron chi connectivity index (χ4n) is 2.94. The highest BCUT2D eigenvalue weighted by molar-refractivity contribution is 5.80. The standard InChI is InChI=1S/C15H23NO4/c17-14(18)6-9-16(13-7-10-20-11-8-13)15(19)12-4-2-1-3-5-12/h1-2,12-13H,3-11H2,(H,17,18)/t12-/m1/s1. The van der Waals surface area contributed by atoms with E-state index in [1.165, 1.54) is 0 Å². The molecule has 1 fully saturated rings. The summed E-state index contributed by atoms with van der Waals surface area (Å²) in [7, 11) is 0. The monoisotopic (exact) mass is 281 g/mol. The first-order valence-electron chi connectivity index (χ1n) is 7.43. The maximum atomic E-state index is 12.7. The van der Waals surface area contributed by atoms with Gasteiger partial charge in [0.2, 0.25) is 5.91 Å². The Kier molecular flexibility index (Phi) is 5.59. The van der Waals surface area contributed by atoms with Crippen molar-refractivity contribution in [2.75, 3.05) is 19.8 Å². The van der Waals surface area contributed by atoms with Crippen molar-refractivity contribution in [1.82, 2.24) is 4.90 Å². The zero-order valence-electron chi connectivity index (χ0n) is 11.8. The summed E-state index contributed by atoms with van der Waals surface area (Å²) in [5.41, 5.74) is 0. The van der Waals surface area contributed by atoms with Gasteiger partial charge in [0, 0.05) is 31.7 Å². The Morgan fingerprint density at radius 2 is 1.95 bits per heavy atom. The minimum atomic E-state index is -0.849. The van der Waals surface area contributed by atoms with Crippen molar-refractivity contribution >= 4 is 11.9 Å². The molecular weight excluding hydrogens is 258 g/mol. The molecule has 0 bridgehead atoms. The average Bonchev–Trinajstić information content (AvgIpc) is 2.49. The Labute approximate surface area is 119 Å². The number of carbonyl (C=O) groups excluding carboxylic acids is 1. The van der Waals surface area contributed by atoms with E-state index in [0.717, 1.165) is 32.1 Å². The number of hydrogen-bond acceptors (Lipinski definition) is 3. The molecule has 1 aliphatic carbocycles. The van der Waals surface area contributed by atoms with E-state index in [1.54, 1.807) is 4.90 Å². The van der Waals surface area contributed by atoms with Crippen LogP contribution in [0.3, 0.4) is 0 Å². The summed E-state index contributed by atoms with van der Waals surface area (Å²) < 4.78 is 5.34. The van der Waals surface area contributed by atoms with E-state index in [0.29, 0.717) is 19.8 Å². The fraction of sp³-hybridized carbons (Fsp3) is 0.733. The van der Waals surface area contributed by atoms with E-state index in [4.69, 9.17) is 9.84 Å². The number of carbonyl (C=O) groups is 2. The quantitative estimate of drug-likeness (QED) is 0.781. The van der Waals surface area contributed by atoms with Gasteiger partial charge in [-0.25, -0.2) is 0 Å². The highest BCUT2D eigenvalue weighted by Gasteiger charge is 2.30. The van der Waals surface area contributed by atoms with Crippen LogP contribution in [-0.4, -0.2) is 47.7 Å². The van der Waals surface area contributed by atoms with Crippen LogP contribution in [0.4, 0.5) is 0 Å². The van der Waals surface area contributed by atoms with Crippen molar-refractivity contribution in [2.24, 2.45) is 5.92 Å². The number of aliphatic carboxylic acids is 1. The molecule has 0 saturated carbocycles. The van der Waals surface area contributed by atoms with Crippen LogP contribution >= 0.6 is 0 Å². The third kappa shape index (κ3) is 4.07. The molecule has 1 N–H and O–H groups in total. The van der Waals surface area contributed by atoms with Gasteiger partial charge in [-0.2, -0.15) is 0 Å². The Hall–Kier alpha value is -1.36. The zero-order chi connectivity index (χ0) is 14.4. The third-order valence-electron chi connectivity index (χ3n) is 4.10. The molecule has 5 heteroatoms. The van der Waals surface area contributed by atoms with Crippen LogP contribution in [0.25, 0.3) is 0 Å². The second-order valence-electron chi connectivity index (χ2n) is 5.50. The normalized spacial score (nSPS) is 23.5. The lowest BCUT2D eigenvalue weighted by molar-refractivity contribution is -0.142. The maximum Gasteiger partial charge on any atom is 0.305 e. The molecule has 1 amide bonds. The van der Waals surface area contributed by atoms with Crippen molar-refractivity contribution in [2.45, 2.75) is 44.6 Å². The minimum Gasteiger partial charge on any atom is -0.481 e. The van der Waals surface area contributed by atoms with Gasteiger partial charge in [0.15, 0.2) is 0 Å². The molecule has 0 unspecified atom stereocenters. The van der Waals surface area contributed by atoms with E-state index in [1.807, 2.05) is 0 Å². The Morgan fingerprint density at radius 3 is 2.55 bits per heavy atom. The number of hydrogen-bond donors (Lipinski definition) is 1. The van der Waals surface area contributed by atoms with Gasteiger partial charge in [-0.3, -0.25) is 9.59 Å². The fourth-order valence-corrected chi connectivity index (χ4v) is 2.94. The van der Waals surface area contributed by atoms with Crippen molar-refractivity contribution in [3.8, 4) is 0 Å². The van der Waals surface area contributed by atoms with Crippen molar-refractivity contribution in [3.63, 3.8) is 0 Å². The van der Waals surface area contributed by atoms with Crippen LogP contribution in [0.1, 0.15) is 38.5 Å². The maximum absolute atomic E-state index is 12.7. The molecule has 2 rings (SSSR count). The molecule has 2 aliphatic rings. The molecule has 112 valence electrons. The van der Waals surface area contributed by atoms with Crippen molar-refractivity contribution in [1.29, 1.82) is 0 Å².